The average Bonchev–Trinajstić information content (AvgIpc) is 3.28. The van der Waals surface area contributed by atoms with E-state index < -0.39 is 0 Å². The zero-order valence-electron chi connectivity index (χ0n) is 14.2. The van der Waals surface area contributed by atoms with Crippen molar-refractivity contribution in [3.8, 4) is 11.4 Å². The molecular weight excluding hydrogens is 312 g/mol. The van der Waals surface area contributed by atoms with E-state index in [9.17, 15) is 0 Å². The number of hydrogen-bond donors (Lipinski definition) is 1. The van der Waals surface area contributed by atoms with Crippen molar-refractivity contribution in [1.82, 2.24) is 24.5 Å². The highest BCUT2D eigenvalue weighted by Crippen LogP contribution is 2.24. The molecule has 0 atom stereocenters. The van der Waals surface area contributed by atoms with Gasteiger partial charge in [-0.3, -0.25) is 4.68 Å². The van der Waals surface area contributed by atoms with Crippen molar-refractivity contribution < 1.29 is 0 Å². The van der Waals surface area contributed by atoms with Crippen molar-refractivity contribution in [2.75, 3.05) is 5.32 Å². The predicted molar refractivity (Wildman–Crippen MR) is 98.1 cm³/mol. The summed E-state index contributed by atoms with van der Waals surface area (Å²) in [7, 11) is 0. The highest BCUT2D eigenvalue weighted by atomic mass is 15.3. The minimum atomic E-state index is 0.733. The second-order valence-corrected chi connectivity index (χ2v) is 6.34. The van der Waals surface area contributed by atoms with Gasteiger partial charge in [0.25, 0.3) is 0 Å². The molecular formula is C19H22N6. The lowest BCUT2D eigenvalue weighted by molar-refractivity contribution is 0.526. The number of hydrogen-bond acceptors (Lipinski definition) is 4. The van der Waals surface area contributed by atoms with Crippen molar-refractivity contribution in [3.05, 3.63) is 60.7 Å². The molecule has 1 aliphatic rings. The number of fused-ring (bicyclic) bond motifs is 1. The molecule has 1 aliphatic heterocycles. The summed E-state index contributed by atoms with van der Waals surface area (Å²) in [6.45, 7) is 6.23. The van der Waals surface area contributed by atoms with Crippen LogP contribution in [0, 0.1) is 0 Å². The molecule has 25 heavy (non-hydrogen) atoms. The molecule has 0 aliphatic carbocycles. The van der Waals surface area contributed by atoms with Gasteiger partial charge in [0.2, 0.25) is 0 Å². The quantitative estimate of drug-likeness (QED) is 0.703. The third-order valence-electron chi connectivity index (χ3n) is 4.50. The summed E-state index contributed by atoms with van der Waals surface area (Å²) in [5.74, 6) is 2.09. The van der Waals surface area contributed by atoms with Gasteiger partial charge in [0.1, 0.15) is 5.82 Å². The second kappa shape index (κ2) is 6.93. The number of rotatable bonds is 6. The van der Waals surface area contributed by atoms with Crippen LogP contribution < -0.4 is 5.32 Å². The Labute approximate surface area is 147 Å². The second-order valence-electron chi connectivity index (χ2n) is 6.34. The van der Waals surface area contributed by atoms with Crippen LogP contribution in [0.2, 0.25) is 0 Å². The van der Waals surface area contributed by atoms with E-state index in [4.69, 9.17) is 0 Å². The van der Waals surface area contributed by atoms with Gasteiger partial charge in [-0.05, 0) is 37.1 Å². The third-order valence-corrected chi connectivity index (χ3v) is 4.50. The van der Waals surface area contributed by atoms with E-state index >= 15 is 0 Å². The van der Waals surface area contributed by atoms with E-state index in [0.717, 1.165) is 54.5 Å². The van der Waals surface area contributed by atoms with Crippen LogP contribution in [-0.2, 0) is 26.1 Å². The molecule has 1 aromatic carbocycles. The minimum absolute atomic E-state index is 0.733. The van der Waals surface area contributed by atoms with Crippen LogP contribution in [0.1, 0.15) is 24.2 Å². The Hall–Kier alpha value is -2.89. The monoisotopic (exact) mass is 334 g/mol. The first kappa shape index (κ1) is 15.6. The molecule has 6 nitrogen and oxygen atoms in total. The Morgan fingerprint density at radius 1 is 1.16 bits per heavy atom. The van der Waals surface area contributed by atoms with Crippen LogP contribution in [0.15, 0.2) is 49.3 Å². The summed E-state index contributed by atoms with van der Waals surface area (Å²) in [6.07, 6.45) is 9.21. The lowest BCUT2D eigenvalue weighted by atomic mass is 10.1. The van der Waals surface area contributed by atoms with Crippen molar-refractivity contribution in [2.45, 2.75) is 38.9 Å². The molecule has 0 bridgehead atoms. The summed E-state index contributed by atoms with van der Waals surface area (Å²) in [6, 6.07) is 8.40. The first-order chi connectivity index (χ1) is 12.3. The Bertz CT molecular complexity index is 858. The summed E-state index contributed by atoms with van der Waals surface area (Å²) in [5.41, 5.74) is 3.35. The zero-order chi connectivity index (χ0) is 17.1. The Balaban J connectivity index is 1.43. The van der Waals surface area contributed by atoms with Crippen LogP contribution in [0.25, 0.3) is 11.4 Å². The first-order valence-corrected chi connectivity index (χ1v) is 8.72. The summed E-state index contributed by atoms with van der Waals surface area (Å²) in [4.78, 5) is 0. The molecule has 0 saturated carbocycles. The van der Waals surface area contributed by atoms with E-state index in [0.29, 0.717) is 0 Å². The normalized spacial score (nSPS) is 13.4. The molecule has 3 heterocycles. The molecule has 0 amide bonds. The number of benzene rings is 1. The van der Waals surface area contributed by atoms with Gasteiger partial charge in [0.15, 0.2) is 5.82 Å². The van der Waals surface area contributed by atoms with Crippen molar-refractivity contribution >= 4 is 5.69 Å². The van der Waals surface area contributed by atoms with Gasteiger partial charge >= 0.3 is 0 Å². The largest absolute Gasteiger partial charge is 0.381 e. The third kappa shape index (κ3) is 3.33. The maximum absolute atomic E-state index is 4.38. The van der Waals surface area contributed by atoms with E-state index in [1.54, 1.807) is 0 Å². The average molecular weight is 334 g/mol. The van der Waals surface area contributed by atoms with E-state index in [2.05, 4.69) is 56.0 Å². The van der Waals surface area contributed by atoms with Gasteiger partial charge in [0.05, 0.1) is 12.7 Å². The van der Waals surface area contributed by atoms with Gasteiger partial charge in [-0.15, -0.1) is 16.8 Å². The predicted octanol–water partition coefficient (Wildman–Crippen LogP) is 3.28. The maximum atomic E-state index is 4.38. The van der Waals surface area contributed by atoms with Gasteiger partial charge in [-0.25, -0.2) is 0 Å². The Kier molecular flexibility index (Phi) is 4.33. The number of anilines is 1. The van der Waals surface area contributed by atoms with E-state index in [1.165, 1.54) is 12.8 Å². The molecule has 2 aromatic heterocycles. The van der Waals surface area contributed by atoms with E-state index in [1.807, 2.05) is 23.2 Å². The highest BCUT2D eigenvalue weighted by Gasteiger charge is 2.16. The van der Waals surface area contributed by atoms with Gasteiger partial charge < -0.3 is 9.88 Å². The zero-order valence-corrected chi connectivity index (χ0v) is 14.2. The molecule has 6 heteroatoms. The smallest absolute Gasteiger partial charge is 0.163 e. The van der Waals surface area contributed by atoms with Crippen molar-refractivity contribution in [3.63, 3.8) is 0 Å². The molecule has 0 fully saturated rings. The highest BCUT2D eigenvalue weighted by molar-refractivity contribution is 5.60. The number of nitrogens with zero attached hydrogens (tertiary/aromatic N) is 5. The minimum Gasteiger partial charge on any atom is -0.381 e. The molecule has 4 rings (SSSR count). The van der Waals surface area contributed by atoms with E-state index in [-0.39, 0.29) is 0 Å². The van der Waals surface area contributed by atoms with Crippen LogP contribution >= 0.6 is 0 Å². The molecule has 0 saturated heterocycles. The fourth-order valence-corrected chi connectivity index (χ4v) is 3.19. The standard InChI is InChI=1S/C19H22N6/c1-2-10-24-14-15(13-21-24)12-20-17-8-6-16(7-9-17)19-23-22-18-5-3-4-11-25(18)19/h2,6-9,13-14,20H,1,3-5,10-12H2. The number of aromatic nitrogens is 5. The lowest BCUT2D eigenvalue weighted by Gasteiger charge is -2.14. The SMILES string of the molecule is C=CCn1cc(CNc2ccc(-c3nnc4n3CCCC4)cc2)cn1. The number of nitrogens with one attached hydrogen (secondary N) is 1. The molecule has 0 unspecified atom stereocenters. The number of allylic oxidation sites excluding steroid dienone is 1. The molecule has 0 radical (unpaired) electrons. The van der Waals surface area contributed by atoms with Crippen molar-refractivity contribution in [2.24, 2.45) is 0 Å². The lowest BCUT2D eigenvalue weighted by Crippen LogP contribution is -2.11. The fraction of sp³-hybridized carbons (Fsp3) is 0.316. The maximum Gasteiger partial charge on any atom is 0.163 e. The topological polar surface area (TPSA) is 60.6 Å². The molecule has 128 valence electrons. The molecule has 1 N–H and O–H groups in total. The Morgan fingerprint density at radius 3 is 2.88 bits per heavy atom. The first-order valence-electron chi connectivity index (χ1n) is 8.72. The summed E-state index contributed by atoms with van der Waals surface area (Å²) < 4.78 is 4.13. The summed E-state index contributed by atoms with van der Waals surface area (Å²) >= 11 is 0. The summed E-state index contributed by atoms with van der Waals surface area (Å²) in [5, 5.41) is 16.4. The number of aryl methyl sites for hydroxylation is 1. The van der Waals surface area contributed by atoms with Gasteiger partial charge in [-0.2, -0.15) is 5.10 Å². The van der Waals surface area contributed by atoms with Crippen LogP contribution in [0.4, 0.5) is 5.69 Å². The van der Waals surface area contributed by atoms with Crippen molar-refractivity contribution in [1.29, 1.82) is 0 Å². The molecule has 3 aromatic rings. The fourth-order valence-electron chi connectivity index (χ4n) is 3.19. The van der Waals surface area contributed by atoms with Gasteiger partial charge in [0, 0.05) is 42.5 Å². The molecule has 0 spiro atoms. The van der Waals surface area contributed by atoms with Crippen LogP contribution in [-0.4, -0.2) is 24.5 Å². The Morgan fingerprint density at radius 2 is 2.04 bits per heavy atom. The van der Waals surface area contributed by atoms with Gasteiger partial charge in [-0.1, -0.05) is 6.08 Å². The van der Waals surface area contributed by atoms with Crippen LogP contribution in [0.3, 0.4) is 0 Å². The van der Waals surface area contributed by atoms with Crippen LogP contribution in [0.5, 0.6) is 0 Å².